The smallest absolute Gasteiger partial charge is 0.410 e. The molecule has 0 saturated carbocycles. The van der Waals surface area contributed by atoms with E-state index < -0.39 is 5.60 Å². The minimum absolute atomic E-state index is 0.202. The van der Waals surface area contributed by atoms with E-state index in [0.717, 1.165) is 35.5 Å². The predicted octanol–water partition coefficient (Wildman–Crippen LogP) is 3.14. The van der Waals surface area contributed by atoms with Crippen LogP contribution >= 0.6 is 22.6 Å². The van der Waals surface area contributed by atoms with Crippen LogP contribution in [0.2, 0.25) is 0 Å². The Morgan fingerprint density at radius 2 is 2.00 bits per heavy atom. The number of hydrogen-bond donors (Lipinski definition) is 0. The number of aromatic nitrogens is 2. The van der Waals surface area contributed by atoms with E-state index in [9.17, 15) is 4.79 Å². The van der Waals surface area contributed by atoms with Gasteiger partial charge < -0.3 is 14.2 Å². The summed E-state index contributed by atoms with van der Waals surface area (Å²) in [7, 11) is 2.01. The molecule has 1 fully saturated rings. The summed E-state index contributed by atoms with van der Waals surface area (Å²) in [4.78, 5) is 18.4. The summed E-state index contributed by atoms with van der Waals surface area (Å²) in [6.45, 7) is 7.17. The van der Waals surface area contributed by atoms with Gasteiger partial charge in [-0.1, -0.05) is 0 Å². The van der Waals surface area contributed by atoms with Gasteiger partial charge in [0.05, 0.1) is 5.69 Å². The molecule has 0 aromatic carbocycles. The van der Waals surface area contributed by atoms with Crippen LogP contribution in [0, 0.1) is 3.83 Å². The van der Waals surface area contributed by atoms with E-state index in [-0.39, 0.29) is 6.09 Å². The monoisotopic (exact) mass is 391 g/mol. The molecule has 0 atom stereocenters. The van der Waals surface area contributed by atoms with Crippen molar-refractivity contribution < 1.29 is 9.53 Å². The van der Waals surface area contributed by atoms with E-state index in [1.165, 1.54) is 0 Å². The fourth-order valence-corrected chi connectivity index (χ4v) is 2.76. The number of piperidine rings is 1. The molecule has 1 aromatic heterocycles. The van der Waals surface area contributed by atoms with Gasteiger partial charge in [-0.2, -0.15) is 0 Å². The summed E-state index contributed by atoms with van der Waals surface area (Å²) in [6.07, 6.45) is 3.79. The third-order valence-corrected chi connectivity index (χ3v) is 4.41. The maximum Gasteiger partial charge on any atom is 0.410 e. The molecule has 20 heavy (non-hydrogen) atoms. The molecule has 1 aliphatic rings. The molecule has 1 amide bonds. The summed E-state index contributed by atoms with van der Waals surface area (Å²) >= 11 is 2.24. The molecule has 0 radical (unpaired) electrons. The quantitative estimate of drug-likeness (QED) is 0.692. The average Bonchev–Trinajstić information content (AvgIpc) is 2.68. The van der Waals surface area contributed by atoms with Crippen LogP contribution in [0.5, 0.6) is 0 Å². The molecule has 0 spiro atoms. The van der Waals surface area contributed by atoms with Crippen LogP contribution in [0.4, 0.5) is 4.79 Å². The van der Waals surface area contributed by atoms with Crippen LogP contribution in [0.3, 0.4) is 0 Å². The maximum absolute atomic E-state index is 12.0. The first-order valence-electron chi connectivity index (χ1n) is 6.93. The van der Waals surface area contributed by atoms with Crippen LogP contribution in [-0.4, -0.2) is 39.2 Å². The van der Waals surface area contributed by atoms with Crippen molar-refractivity contribution in [1.29, 1.82) is 0 Å². The zero-order valence-corrected chi connectivity index (χ0v) is 14.7. The first kappa shape index (κ1) is 15.6. The lowest BCUT2D eigenvalue weighted by atomic mass is 9.94. The van der Waals surface area contributed by atoms with E-state index in [2.05, 4.69) is 33.8 Å². The van der Waals surface area contributed by atoms with Crippen molar-refractivity contribution >= 4 is 28.7 Å². The van der Waals surface area contributed by atoms with Crippen LogP contribution in [0.25, 0.3) is 0 Å². The number of amides is 1. The van der Waals surface area contributed by atoms with Crippen LogP contribution < -0.4 is 0 Å². The van der Waals surface area contributed by atoms with Crippen LogP contribution in [-0.2, 0) is 11.8 Å². The minimum Gasteiger partial charge on any atom is -0.444 e. The molecule has 2 heterocycles. The largest absolute Gasteiger partial charge is 0.444 e. The number of likely N-dealkylation sites (tertiary alicyclic amines) is 1. The number of ether oxygens (including phenoxy) is 1. The second-order valence-electron chi connectivity index (χ2n) is 6.29. The summed E-state index contributed by atoms with van der Waals surface area (Å²) in [5.41, 5.74) is 0.714. The van der Waals surface area contributed by atoms with Crippen molar-refractivity contribution in [3.05, 3.63) is 15.7 Å². The number of halogens is 1. The number of rotatable bonds is 1. The number of nitrogens with zero attached hydrogens (tertiary/aromatic N) is 3. The van der Waals surface area contributed by atoms with E-state index in [1.807, 2.05) is 32.4 Å². The van der Waals surface area contributed by atoms with Gasteiger partial charge >= 0.3 is 6.09 Å². The standard InChI is InChI=1S/C14H22IN3O2/c1-14(2,3)20-13(19)18-7-5-10(6-8-18)11-9-17(4)12(15)16-11/h9-10H,5-8H2,1-4H3. The molecule has 0 aliphatic carbocycles. The topological polar surface area (TPSA) is 47.4 Å². The van der Waals surface area contributed by atoms with Gasteiger partial charge in [0.25, 0.3) is 0 Å². The molecular weight excluding hydrogens is 369 g/mol. The third kappa shape index (κ3) is 3.86. The van der Waals surface area contributed by atoms with Crippen molar-refractivity contribution in [2.45, 2.75) is 45.1 Å². The summed E-state index contributed by atoms with van der Waals surface area (Å²) in [5, 5.41) is 0. The number of hydrogen-bond acceptors (Lipinski definition) is 3. The highest BCUT2D eigenvalue weighted by Gasteiger charge is 2.28. The lowest BCUT2D eigenvalue weighted by Crippen LogP contribution is -2.41. The second kappa shape index (κ2) is 5.91. The molecule has 0 N–H and O–H groups in total. The van der Waals surface area contributed by atoms with E-state index in [1.54, 1.807) is 4.90 Å². The van der Waals surface area contributed by atoms with Crippen molar-refractivity contribution in [1.82, 2.24) is 14.5 Å². The minimum atomic E-state index is -0.426. The SMILES string of the molecule is Cn1cc(C2CCN(C(=O)OC(C)(C)C)CC2)nc1I. The Bertz CT molecular complexity index is 466. The predicted molar refractivity (Wildman–Crippen MR) is 85.7 cm³/mol. The molecule has 1 saturated heterocycles. The van der Waals surface area contributed by atoms with E-state index in [0.29, 0.717) is 5.92 Å². The fourth-order valence-electron chi connectivity index (χ4n) is 2.35. The van der Waals surface area contributed by atoms with Crippen molar-refractivity contribution in [2.75, 3.05) is 13.1 Å². The van der Waals surface area contributed by atoms with Gasteiger partial charge in [-0.3, -0.25) is 0 Å². The average molecular weight is 391 g/mol. The molecule has 0 unspecified atom stereocenters. The highest BCUT2D eigenvalue weighted by molar-refractivity contribution is 14.1. The van der Waals surface area contributed by atoms with Gasteiger partial charge in [0.1, 0.15) is 5.60 Å². The normalized spacial score (nSPS) is 17.4. The molecule has 0 bridgehead atoms. The Balaban J connectivity index is 1.91. The summed E-state index contributed by atoms with van der Waals surface area (Å²) in [5.74, 6) is 0.448. The molecule has 112 valence electrons. The zero-order valence-electron chi connectivity index (χ0n) is 12.5. The fraction of sp³-hybridized carbons (Fsp3) is 0.714. The summed E-state index contributed by atoms with van der Waals surface area (Å²) in [6, 6.07) is 0. The highest BCUT2D eigenvalue weighted by atomic mass is 127. The Hall–Kier alpha value is -0.790. The van der Waals surface area contributed by atoms with Gasteiger partial charge in [0, 0.05) is 32.3 Å². The number of imidazole rings is 1. The molecule has 1 aliphatic heterocycles. The Labute approximate surface area is 133 Å². The molecule has 5 nitrogen and oxygen atoms in total. The first-order chi connectivity index (χ1) is 9.26. The highest BCUT2D eigenvalue weighted by Crippen LogP contribution is 2.28. The maximum atomic E-state index is 12.0. The second-order valence-corrected chi connectivity index (χ2v) is 7.25. The van der Waals surface area contributed by atoms with E-state index >= 15 is 0 Å². The van der Waals surface area contributed by atoms with Gasteiger partial charge in [0.2, 0.25) is 0 Å². The molecule has 1 aromatic rings. The van der Waals surface area contributed by atoms with Crippen molar-refractivity contribution in [3.63, 3.8) is 0 Å². The zero-order chi connectivity index (χ0) is 14.9. The molecule has 6 heteroatoms. The van der Waals surface area contributed by atoms with Gasteiger partial charge in [-0.15, -0.1) is 0 Å². The lowest BCUT2D eigenvalue weighted by molar-refractivity contribution is 0.0204. The van der Waals surface area contributed by atoms with Gasteiger partial charge in [0.15, 0.2) is 3.83 Å². The van der Waals surface area contributed by atoms with Crippen LogP contribution in [0.1, 0.15) is 45.2 Å². The summed E-state index contributed by atoms with van der Waals surface area (Å²) < 4.78 is 8.45. The van der Waals surface area contributed by atoms with Gasteiger partial charge in [-0.25, -0.2) is 9.78 Å². The Kier molecular flexibility index (Phi) is 4.61. The lowest BCUT2D eigenvalue weighted by Gasteiger charge is -2.32. The number of carbonyl (C=O) groups is 1. The first-order valence-corrected chi connectivity index (χ1v) is 8.01. The number of carbonyl (C=O) groups excluding carboxylic acids is 1. The third-order valence-electron chi connectivity index (χ3n) is 3.40. The Morgan fingerprint density at radius 3 is 2.45 bits per heavy atom. The van der Waals surface area contributed by atoms with Crippen molar-refractivity contribution in [2.24, 2.45) is 7.05 Å². The van der Waals surface area contributed by atoms with Crippen molar-refractivity contribution in [3.8, 4) is 0 Å². The Morgan fingerprint density at radius 1 is 1.40 bits per heavy atom. The molecule has 2 rings (SSSR count). The van der Waals surface area contributed by atoms with Crippen LogP contribution in [0.15, 0.2) is 6.20 Å². The molecular formula is C14H22IN3O2. The van der Waals surface area contributed by atoms with E-state index in [4.69, 9.17) is 4.74 Å². The number of aryl methyl sites for hydroxylation is 1. The van der Waals surface area contributed by atoms with Gasteiger partial charge in [-0.05, 0) is 56.2 Å².